The molecule has 1 saturated heterocycles. The van der Waals surface area contributed by atoms with Crippen molar-refractivity contribution in [2.24, 2.45) is 5.92 Å². The van der Waals surface area contributed by atoms with Crippen molar-refractivity contribution in [1.29, 1.82) is 0 Å². The van der Waals surface area contributed by atoms with Crippen LogP contribution in [-0.4, -0.2) is 47.8 Å². The molecule has 0 atom stereocenters. The normalized spacial score (nSPS) is 17.1. The Bertz CT molecular complexity index is 1020. The second-order valence-corrected chi connectivity index (χ2v) is 9.90. The van der Waals surface area contributed by atoms with Crippen LogP contribution < -0.4 is 19.3 Å². The van der Waals surface area contributed by atoms with Gasteiger partial charge in [0.2, 0.25) is 0 Å². The third-order valence-corrected chi connectivity index (χ3v) is 7.47. The maximum Gasteiger partial charge on any atom is 0.387 e. The van der Waals surface area contributed by atoms with Gasteiger partial charge < -0.3 is 15.0 Å². The first-order valence-electron chi connectivity index (χ1n) is 10.5. The number of nitrogens with zero attached hydrogens (tertiary/aromatic N) is 2. The molecule has 2 aromatic rings. The molecule has 0 spiro atoms. The third kappa shape index (κ3) is 5.10. The van der Waals surface area contributed by atoms with Gasteiger partial charge >= 0.3 is 6.61 Å². The van der Waals surface area contributed by atoms with Crippen LogP contribution in [0, 0.1) is 12.8 Å². The van der Waals surface area contributed by atoms with E-state index in [4.69, 9.17) is 0 Å². The molecule has 1 saturated carbocycles. The highest BCUT2D eigenvalue weighted by Crippen LogP contribution is 2.36. The third-order valence-electron chi connectivity index (χ3n) is 5.68. The van der Waals surface area contributed by atoms with Crippen molar-refractivity contribution in [2.75, 3.05) is 41.9 Å². The summed E-state index contributed by atoms with van der Waals surface area (Å²) in [7, 11) is -3.88. The predicted octanol–water partition coefficient (Wildman–Crippen LogP) is 3.61. The Labute approximate surface area is 181 Å². The molecule has 1 N–H and O–H groups in total. The summed E-state index contributed by atoms with van der Waals surface area (Å²) >= 11 is 0. The molecular weight excluding hydrogens is 424 g/mol. The number of hydrogen-bond donors (Lipinski definition) is 1. The molecule has 6 nitrogen and oxygen atoms in total. The van der Waals surface area contributed by atoms with Crippen molar-refractivity contribution in [3.63, 3.8) is 0 Å². The molecule has 2 fully saturated rings. The van der Waals surface area contributed by atoms with Crippen LogP contribution in [0.2, 0.25) is 0 Å². The number of alkyl halides is 2. The van der Waals surface area contributed by atoms with Gasteiger partial charge in [-0.05, 0) is 55.5 Å². The number of anilines is 2. The fraction of sp³-hybridized carbons (Fsp3) is 0.455. The van der Waals surface area contributed by atoms with E-state index >= 15 is 0 Å². The molecular formula is C22H27F2N3O3S. The van der Waals surface area contributed by atoms with Gasteiger partial charge in [-0.15, -0.1) is 0 Å². The lowest BCUT2D eigenvalue weighted by Crippen LogP contribution is -2.44. The topological polar surface area (TPSA) is 61.9 Å². The van der Waals surface area contributed by atoms with E-state index < -0.39 is 16.6 Å². The molecule has 2 aliphatic rings. The average molecular weight is 452 g/mol. The van der Waals surface area contributed by atoms with Crippen LogP contribution in [0.15, 0.2) is 47.4 Å². The van der Waals surface area contributed by atoms with Crippen molar-refractivity contribution in [2.45, 2.75) is 31.3 Å². The number of nitrogens with one attached hydrogen (secondary N) is 1. The molecule has 0 radical (unpaired) electrons. The van der Waals surface area contributed by atoms with E-state index in [0.717, 1.165) is 50.3 Å². The van der Waals surface area contributed by atoms with Gasteiger partial charge in [-0.25, -0.2) is 8.42 Å². The van der Waals surface area contributed by atoms with Crippen molar-refractivity contribution in [3.05, 3.63) is 48.0 Å². The summed E-state index contributed by atoms with van der Waals surface area (Å²) in [6.07, 6.45) is 1.92. The highest BCUT2D eigenvalue weighted by Gasteiger charge is 2.33. The Morgan fingerprint density at radius 2 is 1.90 bits per heavy atom. The lowest BCUT2D eigenvalue weighted by Gasteiger charge is -2.31. The van der Waals surface area contributed by atoms with Crippen LogP contribution in [-0.2, 0) is 10.0 Å². The maximum atomic E-state index is 13.7. The molecule has 2 aromatic carbocycles. The Hall–Kier alpha value is -2.39. The fourth-order valence-corrected chi connectivity index (χ4v) is 5.37. The Morgan fingerprint density at radius 1 is 1.16 bits per heavy atom. The van der Waals surface area contributed by atoms with E-state index in [-0.39, 0.29) is 16.6 Å². The number of hydrogen-bond acceptors (Lipinski definition) is 5. The highest BCUT2D eigenvalue weighted by atomic mass is 32.2. The van der Waals surface area contributed by atoms with Crippen molar-refractivity contribution in [1.82, 2.24) is 5.32 Å². The predicted molar refractivity (Wildman–Crippen MR) is 117 cm³/mol. The average Bonchev–Trinajstić information content (AvgIpc) is 3.57. The van der Waals surface area contributed by atoms with Gasteiger partial charge in [-0.1, -0.05) is 12.1 Å². The first-order chi connectivity index (χ1) is 14.8. The van der Waals surface area contributed by atoms with E-state index in [1.165, 1.54) is 22.5 Å². The molecule has 1 aliphatic carbocycles. The van der Waals surface area contributed by atoms with Gasteiger partial charge in [0.1, 0.15) is 5.75 Å². The van der Waals surface area contributed by atoms with Crippen LogP contribution in [0.3, 0.4) is 0 Å². The zero-order valence-electron chi connectivity index (χ0n) is 17.4. The summed E-state index contributed by atoms with van der Waals surface area (Å²) in [5.74, 6) is 0.210. The molecule has 9 heteroatoms. The monoisotopic (exact) mass is 451 g/mol. The molecule has 4 rings (SSSR count). The van der Waals surface area contributed by atoms with Crippen molar-refractivity contribution >= 4 is 21.4 Å². The van der Waals surface area contributed by atoms with Gasteiger partial charge in [0, 0.05) is 44.5 Å². The SMILES string of the molecule is Cc1ccc(S(=O)(=O)N(CC2CC2)c2cccc(OC(F)F)c2)cc1N1CCNCC1. The van der Waals surface area contributed by atoms with E-state index in [0.29, 0.717) is 12.2 Å². The standard InChI is InChI=1S/C22H27F2N3O3S/c1-16-5-8-20(14-21(16)26-11-9-25-10-12-26)31(28,29)27(15-17-6-7-17)18-3-2-4-19(13-18)30-22(23)24/h2-5,8,13-14,17,22,25H,6-7,9-12,15H2,1H3. The van der Waals surface area contributed by atoms with Gasteiger partial charge in [0.25, 0.3) is 10.0 Å². The molecule has 168 valence electrons. The highest BCUT2D eigenvalue weighted by molar-refractivity contribution is 7.92. The summed E-state index contributed by atoms with van der Waals surface area (Å²) < 4.78 is 58.5. The molecule has 0 aromatic heterocycles. The molecule has 0 bridgehead atoms. The van der Waals surface area contributed by atoms with E-state index in [9.17, 15) is 17.2 Å². The zero-order valence-corrected chi connectivity index (χ0v) is 18.2. The minimum Gasteiger partial charge on any atom is -0.435 e. The van der Waals surface area contributed by atoms with Crippen LogP contribution in [0.4, 0.5) is 20.2 Å². The minimum atomic E-state index is -3.88. The number of piperazine rings is 1. The number of sulfonamides is 1. The van der Waals surface area contributed by atoms with Gasteiger partial charge in [-0.3, -0.25) is 4.31 Å². The van der Waals surface area contributed by atoms with E-state index in [2.05, 4.69) is 15.0 Å². The summed E-state index contributed by atoms with van der Waals surface area (Å²) in [6.45, 7) is 2.63. The molecule has 1 aliphatic heterocycles. The zero-order chi connectivity index (χ0) is 22.0. The van der Waals surface area contributed by atoms with Crippen LogP contribution >= 0.6 is 0 Å². The Balaban J connectivity index is 1.70. The number of rotatable bonds is 8. The first-order valence-corrected chi connectivity index (χ1v) is 11.9. The number of halogens is 2. The van der Waals surface area contributed by atoms with Gasteiger partial charge in [-0.2, -0.15) is 8.78 Å². The van der Waals surface area contributed by atoms with Gasteiger partial charge in [0.05, 0.1) is 10.6 Å². The summed E-state index contributed by atoms with van der Waals surface area (Å²) in [5, 5.41) is 3.30. The van der Waals surface area contributed by atoms with Crippen LogP contribution in [0.25, 0.3) is 0 Å². The van der Waals surface area contributed by atoms with Crippen LogP contribution in [0.1, 0.15) is 18.4 Å². The van der Waals surface area contributed by atoms with E-state index in [1.807, 2.05) is 13.0 Å². The first kappa shape index (κ1) is 21.8. The number of ether oxygens (including phenoxy) is 1. The molecule has 0 unspecified atom stereocenters. The van der Waals surface area contributed by atoms with E-state index in [1.54, 1.807) is 18.2 Å². The summed E-state index contributed by atoms with van der Waals surface area (Å²) in [4.78, 5) is 2.39. The van der Waals surface area contributed by atoms with Crippen LogP contribution in [0.5, 0.6) is 5.75 Å². The van der Waals surface area contributed by atoms with Gasteiger partial charge in [0.15, 0.2) is 0 Å². The smallest absolute Gasteiger partial charge is 0.387 e. The minimum absolute atomic E-state index is 0.0612. The lowest BCUT2D eigenvalue weighted by molar-refractivity contribution is -0.0498. The lowest BCUT2D eigenvalue weighted by atomic mass is 10.1. The van der Waals surface area contributed by atoms with Crippen molar-refractivity contribution < 1.29 is 21.9 Å². The Morgan fingerprint density at radius 3 is 2.58 bits per heavy atom. The molecule has 31 heavy (non-hydrogen) atoms. The number of aryl methyl sites for hydroxylation is 1. The summed E-state index contributed by atoms with van der Waals surface area (Å²) in [5.41, 5.74) is 2.25. The van der Waals surface area contributed by atoms with Crippen molar-refractivity contribution in [3.8, 4) is 5.75 Å². The maximum absolute atomic E-state index is 13.7. The molecule has 1 heterocycles. The fourth-order valence-electron chi connectivity index (χ4n) is 3.82. The largest absolute Gasteiger partial charge is 0.435 e. The quantitative estimate of drug-likeness (QED) is 0.665. The number of benzene rings is 2. The second kappa shape index (κ2) is 9.00. The molecule has 0 amide bonds. The second-order valence-electron chi connectivity index (χ2n) is 8.04. The Kier molecular flexibility index (Phi) is 6.34. The summed E-state index contributed by atoms with van der Waals surface area (Å²) in [6, 6.07) is 11.1.